The molecule has 0 spiro atoms. The van der Waals surface area contributed by atoms with E-state index in [0.717, 1.165) is 13.3 Å². The zero-order chi connectivity index (χ0) is 7.23. The van der Waals surface area contributed by atoms with Gasteiger partial charge >= 0.3 is 0 Å². The van der Waals surface area contributed by atoms with Crippen LogP contribution in [0.25, 0.3) is 0 Å². The molecule has 0 aromatic carbocycles. The van der Waals surface area contributed by atoms with Gasteiger partial charge in [-0.3, -0.25) is 10.3 Å². The van der Waals surface area contributed by atoms with E-state index in [1.165, 1.54) is 0 Å². The molecule has 0 aliphatic heterocycles. The Morgan fingerprint density at radius 2 is 2.50 bits per heavy atom. The lowest BCUT2D eigenvalue weighted by molar-refractivity contribution is -0.700. The van der Waals surface area contributed by atoms with Crippen molar-refractivity contribution in [2.75, 3.05) is 13.7 Å². The van der Waals surface area contributed by atoms with Crippen LogP contribution in [0.15, 0.2) is 18.7 Å². The number of hydrogen-bond donors (Lipinski definition) is 3. The van der Waals surface area contributed by atoms with E-state index in [-0.39, 0.29) is 0 Å². The second-order valence-electron chi connectivity index (χ2n) is 2.06. The predicted octanol–water partition coefficient (Wildman–Crippen LogP) is -0.974. The number of imidazole rings is 1. The summed E-state index contributed by atoms with van der Waals surface area (Å²) in [6, 6.07) is 0. The van der Waals surface area contributed by atoms with E-state index >= 15 is 0 Å². The molecule has 1 rings (SSSR count). The molecule has 0 fully saturated rings. The lowest BCUT2D eigenvalue weighted by Crippen LogP contribution is -2.42. The van der Waals surface area contributed by atoms with Crippen LogP contribution in [0.3, 0.4) is 0 Å². The molecule has 0 aliphatic carbocycles. The molecule has 0 atom stereocenters. The Hall–Kier alpha value is -0.870. The lowest BCUT2D eigenvalue weighted by Gasteiger charge is -1.98. The summed E-state index contributed by atoms with van der Waals surface area (Å²) in [4.78, 5) is 2.96. The third kappa shape index (κ3) is 2.16. The summed E-state index contributed by atoms with van der Waals surface area (Å²) in [5, 5.41) is 6.16. The number of aromatic nitrogens is 2. The highest BCUT2D eigenvalue weighted by molar-refractivity contribution is 4.55. The first-order chi connectivity index (χ1) is 4.93. The fourth-order valence-electron chi connectivity index (χ4n) is 0.729. The molecule has 10 heavy (non-hydrogen) atoms. The van der Waals surface area contributed by atoms with Crippen LogP contribution in [-0.4, -0.2) is 18.7 Å². The average molecular weight is 141 g/mol. The van der Waals surface area contributed by atoms with Crippen LogP contribution in [0.1, 0.15) is 0 Å². The minimum Gasteiger partial charge on any atom is -0.307 e. The monoisotopic (exact) mass is 141 g/mol. The summed E-state index contributed by atoms with van der Waals surface area (Å²) in [6.45, 7) is 1.67. The van der Waals surface area contributed by atoms with E-state index in [9.17, 15) is 0 Å². The van der Waals surface area contributed by atoms with Crippen LogP contribution in [0.2, 0.25) is 0 Å². The van der Waals surface area contributed by atoms with Crippen molar-refractivity contribution in [1.82, 2.24) is 15.6 Å². The van der Waals surface area contributed by atoms with E-state index < -0.39 is 0 Å². The Kier molecular flexibility index (Phi) is 2.92. The van der Waals surface area contributed by atoms with Crippen molar-refractivity contribution in [2.24, 2.45) is 0 Å². The van der Waals surface area contributed by atoms with Crippen molar-refractivity contribution in [2.45, 2.75) is 6.67 Å². The first-order valence-corrected chi connectivity index (χ1v) is 3.30. The number of hydrogen-bond acceptors (Lipinski definition) is 2. The van der Waals surface area contributed by atoms with Crippen LogP contribution in [0.5, 0.6) is 0 Å². The Bertz CT molecular complexity index is 158. The molecular formula is C6H13N4+. The Morgan fingerprint density at radius 3 is 3.10 bits per heavy atom. The molecule has 56 valence electrons. The lowest BCUT2D eigenvalue weighted by atomic mass is 10.8. The average Bonchev–Trinajstić information content (AvgIpc) is 2.41. The maximum atomic E-state index is 3.17. The molecule has 1 aromatic heterocycles. The van der Waals surface area contributed by atoms with Crippen LogP contribution < -0.4 is 15.2 Å². The van der Waals surface area contributed by atoms with Gasteiger partial charge < -0.3 is 5.32 Å². The molecule has 0 aliphatic rings. The summed E-state index contributed by atoms with van der Waals surface area (Å²) in [5.74, 6) is 0. The molecule has 1 aromatic rings. The summed E-state index contributed by atoms with van der Waals surface area (Å²) in [7, 11) is 1.91. The van der Waals surface area contributed by atoms with Gasteiger partial charge in [0.05, 0.1) is 0 Å². The highest BCUT2D eigenvalue weighted by Gasteiger charge is 1.91. The van der Waals surface area contributed by atoms with Crippen molar-refractivity contribution >= 4 is 0 Å². The van der Waals surface area contributed by atoms with E-state index in [0.29, 0.717) is 0 Å². The summed E-state index contributed by atoms with van der Waals surface area (Å²) < 4.78 is 2.03. The van der Waals surface area contributed by atoms with E-state index in [1.54, 1.807) is 0 Å². The normalized spacial score (nSPS) is 10.1. The molecule has 0 bridgehead atoms. The van der Waals surface area contributed by atoms with Gasteiger partial charge in [0.25, 0.3) is 0 Å². The van der Waals surface area contributed by atoms with Gasteiger partial charge in [0.15, 0.2) is 0 Å². The largest absolute Gasteiger partial charge is 0.307 e. The first-order valence-electron chi connectivity index (χ1n) is 3.30. The van der Waals surface area contributed by atoms with Gasteiger partial charge in [0, 0.05) is 6.67 Å². The smallest absolute Gasteiger partial charge is 0.242 e. The zero-order valence-corrected chi connectivity index (χ0v) is 6.09. The first kappa shape index (κ1) is 7.24. The van der Waals surface area contributed by atoms with Crippen molar-refractivity contribution in [3.05, 3.63) is 18.7 Å². The van der Waals surface area contributed by atoms with Crippen LogP contribution >= 0.6 is 0 Å². The number of nitrogens with one attached hydrogen (secondary N) is 3. The van der Waals surface area contributed by atoms with Gasteiger partial charge in [-0.25, -0.2) is 4.57 Å². The van der Waals surface area contributed by atoms with E-state index in [2.05, 4.69) is 15.6 Å². The van der Waals surface area contributed by atoms with Gasteiger partial charge in [-0.05, 0) is 7.05 Å². The standard InChI is InChI=1S/C6H12N4/c1-7-4-9-6-10-3-2-8-5-10/h2-3,5,7,9H,4,6H2,1H3/p+1. The number of nitrogens with zero attached hydrogens (tertiary/aromatic N) is 1. The van der Waals surface area contributed by atoms with Gasteiger partial charge in [-0.1, -0.05) is 0 Å². The van der Waals surface area contributed by atoms with Crippen molar-refractivity contribution in [3.63, 3.8) is 0 Å². The van der Waals surface area contributed by atoms with Crippen molar-refractivity contribution in [3.8, 4) is 0 Å². The van der Waals surface area contributed by atoms with Gasteiger partial charge in [-0.15, -0.1) is 0 Å². The highest BCUT2D eigenvalue weighted by Crippen LogP contribution is 1.65. The molecule has 3 N–H and O–H groups in total. The molecular weight excluding hydrogens is 128 g/mol. The maximum absolute atomic E-state index is 3.17. The molecule has 0 saturated carbocycles. The SMILES string of the molecule is CNCNC[n+]1cc[nH]c1. The van der Waals surface area contributed by atoms with Gasteiger partial charge in [-0.2, -0.15) is 0 Å². The van der Waals surface area contributed by atoms with Crippen LogP contribution in [-0.2, 0) is 6.67 Å². The van der Waals surface area contributed by atoms with Crippen molar-refractivity contribution in [1.29, 1.82) is 0 Å². The van der Waals surface area contributed by atoms with Gasteiger partial charge in [0.1, 0.15) is 19.1 Å². The Balaban J connectivity index is 2.15. The fraction of sp³-hybridized carbons (Fsp3) is 0.500. The Labute approximate surface area is 60.3 Å². The van der Waals surface area contributed by atoms with Crippen molar-refractivity contribution < 1.29 is 4.57 Å². The topological polar surface area (TPSA) is 43.7 Å². The second kappa shape index (κ2) is 4.03. The molecule has 4 heteroatoms. The molecule has 0 amide bonds. The van der Waals surface area contributed by atoms with Gasteiger partial charge in [0.2, 0.25) is 6.33 Å². The summed E-state index contributed by atoms with van der Waals surface area (Å²) >= 11 is 0. The number of aromatic amines is 1. The van der Waals surface area contributed by atoms with Crippen LogP contribution in [0, 0.1) is 0 Å². The maximum Gasteiger partial charge on any atom is 0.242 e. The molecule has 0 saturated heterocycles. The number of H-pyrrole nitrogens is 1. The van der Waals surface area contributed by atoms with Crippen LogP contribution in [0.4, 0.5) is 0 Å². The summed E-state index contributed by atoms with van der Waals surface area (Å²) in [5.41, 5.74) is 0. The molecule has 4 nitrogen and oxygen atoms in total. The molecule has 0 unspecified atom stereocenters. The van der Waals surface area contributed by atoms with E-state index in [1.807, 2.05) is 30.3 Å². The zero-order valence-electron chi connectivity index (χ0n) is 6.09. The minimum absolute atomic E-state index is 0.832. The highest BCUT2D eigenvalue weighted by atomic mass is 15.2. The van der Waals surface area contributed by atoms with E-state index in [4.69, 9.17) is 0 Å². The molecule has 1 heterocycles. The third-order valence-corrected chi connectivity index (χ3v) is 1.20. The third-order valence-electron chi connectivity index (χ3n) is 1.20. The fourth-order valence-corrected chi connectivity index (χ4v) is 0.729. The molecule has 0 radical (unpaired) electrons. The Morgan fingerprint density at radius 1 is 1.60 bits per heavy atom. The predicted molar refractivity (Wildman–Crippen MR) is 38.1 cm³/mol. The second-order valence-corrected chi connectivity index (χ2v) is 2.06. The minimum atomic E-state index is 0.832. The summed E-state index contributed by atoms with van der Waals surface area (Å²) in [6.07, 6.45) is 5.77. The number of rotatable bonds is 4. The quantitative estimate of drug-likeness (QED) is 0.287.